The molecule has 0 bridgehead atoms. The van der Waals surface area contributed by atoms with Crippen LogP contribution in [0, 0.1) is 11.3 Å². The van der Waals surface area contributed by atoms with Crippen molar-refractivity contribution in [2.45, 2.75) is 17.7 Å². The third-order valence-corrected chi connectivity index (χ3v) is 8.58. The number of methoxy groups -OCH3 is 2. The molecule has 11 heteroatoms. The van der Waals surface area contributed by atoms with Gasteiger partial charge in [0.1, 0.15) is 11.6 Å². The van der Waals surface area contributed by atoms with E-state index in [0.717, 1.165) is 5.56 Å². The second kappa shape index (κ2) is 10.8. The number of nitrogens with zero attached hydrogens (tertiary/aromatic N) is 3. The number of amides is 1. The number of nitrogens with one attached hydrogen (secondary N) is 1. The summed E-state index contributed by atoms with van der Waals surface area (Å²) in [6.07, 6.45) is 3.46. The predicted molar refractivity (Wildman–Crippen MR) is 128 cm³/mol. The fourth-order valence-corrected chi connectivity index (χ4v) is 7.65. The number of sulfone groups is 1. The third-order valence-electron chi connectivity index (χ3n) is 5.32. The van der Waals surface area contributed by atoms with Crippen LogP contribution in [-0.2, 0) is 21.1 Å². The summed E-state index contributed by atoms with van der Waals surface area (Å²) in [5.41, 5.74) is 0.818. The molecule has 9 nitrogen and oxygen atoms in total. The Kier molecular flexibility index (Phi) is 8.05. The van der Waals surface area contributed by atoms with Gasteiger partial charge in [0.25, 0.3) is 5.91 Å². The van der Waals surface area contributed by atoms with Gasteiger partial charge in [0.05, 0.1) is 38.0 Å². The van der Waals surface area contributed by atoms with E-state index >= 15 is 0 Å². The van der Waals surface area contributed by atoms with Crippen LogP contribution in [0.4, 0.5) is 0 Å². The topological polar surface area (TPSA) is 121 Å². The molecule has 2 aliphatic rings. The van der Waals surface area contributed by atoms with Crippen molar-refractivity contribution in [2.24, 2.45) is 4.99 Å². The van der Waals surface area contributed by atoms with E-state index < -0.39 is 15.7 Å². The monoisotopic (exact) mass is 490 g/mol. The van der Waals surface area contributed by atoms with Gasteiger partial charge in [-0.3, -0.25) is 4.79 Å². The van der Waals surface area contributed by atoms with Gasteiger partial charge >= 0.3 is 0 Å². The molecule has 0 saturated carbocycles. The minimum absolute atomic E-state index is 0.0724. The summed E-state index contributed by atoms with van der Waals surface area (Å²) in [6, 6.07) is 7.21. The number of ether oxygens (including phenoxy) is 2. The highest BCUT2D eigenvalue weighted by Crippen LogP contribution is 2.38. The molecule has 1 aromatic carbocycles. The van der Waals surface area contributed by atoms with Gasteiger partial charge in [-0.25, -0.2) is 13.4 Å². The highest BCUT2D eigenvalue weighted by Gasteiger charge is 2.48. The van der Waals surface area contributed by atoms with Gasteiger partial charge in [-0.05, 0) is 24.1 Å². The number of benzene rings is 1. The molecular formula is C22H26N4O5S2. The second-order valence-corrected chi connectivity index (χ2v) is 10.9. The smallest absolute Gasteiger partial charge is 0.263 e. The van der Waals surface area contributed by atoms with Gasteiger partial charge in [-0.2, -0.15) is 5.26 Å². The number of amidine groups is 1. The zero-order valence-electron chi connectivity index (χ0n) is 18.5. The molecule has 2 fully saturated rings. The number of aliphatic imine (C=N–C) groups is 1. The van der Waals surface area contributed by atoms with Crippen LogP contribution in [0.25, 0.3) is 0 Å². The molecule has 2 aliphatic heterocycles. The Morgan fingerprint density at radius 3 is 2.79 bits per heavy atom. The lowest BCUT2D eigenvalue weighted by atomic mass is 10.1. The van der Waals surface area contributed by atoms with Crippen molar-refractivity contribution in [3.63, 3.8) is 0 Å². The van der Waals surface area contributed by atoms with Gasteiger partial charge in [0, 0.05) is 18.3 Å². The zero-order chi connectivity index (χ0) is 24.0. The van der Waals surface area contributed by atoms with Gasteiger partial charge in [-0.15, -0.1) is 6.58 Å². The SMILES string of the molecule is C=CCN1C(=N/C=C(\C#N)C(=O)NCCc2ccc(OC)c(OC)c2)S[C@@H]2CS(=O)(=O)C[C@H]21. The Hall–Kier alpha value is -2.97. The molecular weight excluding hydrogens is 464 g/mol. The van der Waals surface area contributed by atoms with Crippen molar-refractivity contribution in [3.05, 3.63) is 48.2 Å². The minimum Gasteiger partial charge on any atom is -0.493 e. The van der Waals surface area contributed by atoms with Gasteiger partial charge in [0.2, 0.25) is 0 Å². The van der Waals surface area contributed by atoms with Crippen molar-refractivity contribution in [2.75, 3.05) is 38.8 Å². The number of nitriles is 1. The summed E-state index contributed by atoms with van der Waals surface area (Å²) in [7, 11) is 0.0469. The maximum Gasteiger partial charge on any atom is 0.263 e. The third kappa shape index (κ3) is 5.89. The first-order valence-corrected chi connectivity index (χ1v) is 12.9. The molecule has 2 atom stereocenters. The van der Waals surface area contributed by atoms with Gasteiger partial charge in [-0.1, -0.05) is 23.9 Å². The fourth-order valence-electron chi connectivity index (χ4n) is 3.71. The largest absolute Gasteiger partial charge is 0.493 e. The molecule has 1 aromatic rings. The van der Waals surface area contributed by atoms with Crippen LogP contribution in [-0.4, -0.2) is 74.5 Å². The van der Waals surface area contributed by atoms with E-state index in [1.165, 1.54) is 18.0 Å². The molecule has 0 aliphatic carbocycles. The van der Waals surface area contributed by atoms with E-state index in [-0.39, 0.29) is 28.4 Å². The Balaban J connectivity index is 1.63. The molecule has 0 aromatic heterocycles. The van der Waals surface area contributed by atoms with Crippen molar-refractivity contribution in [3.8, 4) is 17.6 Å². The Morgan fingerprint density at radius 2 is 2.12 bits per heavy atom. The molecule has 2 heterocycles. The van der Waals surface area contributed by atoms with Crippen LogP contribution in [0.1, 0.15) is 5.56 Å². The molecule has 0 radical (unpaired) electrons. The van der Waals surface area contributed by atoms with Crippen LogP contribution in [0.15, 0.2) is 47.6 Å². The molecule has 0 unspecified atom stereocenters. The Morgan fingerprint density at radius 1 is 1.36 bits per heavy atom. The van der Waals surface area contributed by atoms with Gasteiger partial charge < -0.3 is 19.7 Å². The lowest BCUT2D eigenvalue weighted by Gasteiger charge is -2.22. The summed E-state index contributed by atoms with van der Waals surface area (Å²) >= 11 is 1.36. The summed E-state index contributed by atoms with van der Waals surface area (Å²) < 4.78 is 34.4. The lowest BCUT2D eigenvalue weighted by Crippen LogP contribution is -2.37. The van der Waals surface area contributed by atoms with E-state index in [1.807, 2.05) is 23.1 Å². The van der Waals surface area contributed by atoms with Crippen LogP contribution in [0.2, 0.25) is 0 Å². The molecule has 1 amide bonds. The average molecular weight is 491 g/mol. The number of carbonyl (C=O) groups is 1. The van der Waals surface area contributed by atoms with Crippen molar-refractivity contribution in [1.29, 1.82) is 5.26 Å². The number of hydrogen-bond acceptors (Lipinski definition) is 8. The number of hydrogen-bond donors (Lipinski definition) is 1. The normalized spacial score (nSPS) is 22.5. The number of fused-ring (bicyclic) bond motifs is 1. The number of thioether (sulfide) groups is 1. The first-order chi connectivity index (χ1) is 15.8. The Bertz CT molecular complexity index is 1120. The van der Waals surface area contributed by atoms with E-state index in [1.54, 1.807) is 26.4 Å². The van der Waals surface area contributed by atoms with E-state index in [9.17, 15) is 18.5 Å². The van der Waals surface area contributed by atoms with Crippen LogP contribution in [0.3, 0.4) is 0 Å². The molecule has 176 valence electrons. The van der Waals surface area contributed by atoms with Crippen molar-refractivity contribution in [1.82, 2.24) is 10.2 Å². The van der Waals surface area contributed by atoms with Crippen LogP contribution >= 0.6 is 11.8 Å². The summed E-state index contributed by atoms with van der Waals surface area (Å²) in [5, 5.41) is 12.6. The van der Waals surface area contributed by atoms with Crippen molar-refractivity contribution >= 4 is 32.7 Å². The van der Waals surface area contributed by atoms with Crippen LogP contribution in [0.5, 0.6) is 11.5 Å². The minimum atomic E-state index is -3.07. The molecule has 2 saturated heterocycles. The maximum absolute atomic E-state index is 12.4. The maximum atomic E-state index is 12.4. The average Bonchev–Trinajstić information content (AvgIpc) is 3.26. The van der Waals surface area contributed by atoms with Gasteiger partial charge in [0.15, 0.2) is 26.5 Å². The van der Waals surface area contributed by atoms with E-state index in [2.05, 4.69) is 16.9 Å². The fraction of sp³-hybridized carbons (Fsp3) is 0.409. The summed E-state index contributed by atoms with van der Waals surface area (Å²) in [6.45, 7) is 4.49. The highest BCUT2D eigenvalue weighted by atomic mass is 32.2. The van der Waals surface area contributed by atoms with E-state index in [0.29, 0.717) is 36.2 Å². The van der Waals surface area contributed by atoms with Crippen LogP contribution < -0.4 is 14.8 Å². The predicted octanol–water partition coefficient (Wildman–Crippen LogP) is 1.53. The van der Waals surface area contributed by atoms with E-state index in [4.69, 9.17) is 9.47 Å². The number of rotatable bonds is 9. The molecule has 3 rings (SSSR count). The lowest BCUT2D eigenvalue weighted by molar-refractivity contribution is -0.117. The summed E-state index contributed by atoms with van der Waals surface area (Å²) in [4.78, 5) is 18.7. The molecule has 1 N–H and O–H groups in total. The number of carbonyl (C=O) groups excluding carboxylic acids is 1. The standard InChI is InChI=1S/C22H26N4O5S2/c1-4-9-26-17-13-33(28,29)14-20(17)32-22(26)25-12-16(11-23)21(27)24-8-7-15-5-6-18(30-2)19(10-15)31-3/h4-6,10,12,17,20H,1,7-9,13-14H2,2-3H3,(H,24,27)/b16-12+,25-22?/t17-,20-/m1/s1. The summed E-state index contributed by atoms with van der Waals surface area (Å²) in [5.74, 6) is 0.869. The van der Waals surface area contributed by atoms with Crippen molar-refractivity contribution < 1.29 is 22.7 Å². The highest BCUT2D eigenvalue weighted by molar-refractivity contribution is 8.15. The molecule has 33 heavy (non-hydrogen) atoms. The second-order valence-electron chi connectivity index (χ2n) is 7.50. The molecule has 0 spiro atoms. The zero-order valence-corrected chi connectivity index (χ0v) is 20.1. The quantitative estimate of drug-likeness (QED) is 0.314. The first-order valence-electron chi connectivity index (χ1n) is 10.2. The Labute approximate surface area is 198 Å². The first kappa shape index (κ1) is 24.7.